The Balaban J connectivity index is 1.38. The number of H-pyrrole nitrogens is 1. The molecule has 0 spiro atoms. The first-order valence-corrected chi connectivity index (χ1v) is 10.4. The lowest BCUT2D eigenvalue weighted by Crippen LogP contribution is -2.69. The maximum absolute atomic E-state index is 12.7. The second-order valence-electron chi connectivity index (χ2n) is 8.28. The van der Waals surface area contributed by atoms with Gasteiger partial charge in [0.25, 0.3) is 0 Å². The van der Waals surface area contributed by atoms with Gasteiger partial charge in [-0.3, -0.25) is 20.9 Å². The van der Waals surface area contributed by atoms with Crippen molar-refractivity contribution in [2.45, 2.75) is 37.3 Å². The number of benzene rings is 1. The second kappa shape index (κ2) is 7.92. The summed E-state index contributed by atoms with van der Waals surface area (Å²) in [5.74, 6) is 0.0768. The fourth-order valence-corrected chi connectivity index (χ4v) is 4.88. The number of para-hydroxylation sites is 1. The van der Waals surface area contributed by atoms with Crippen molar-refractivity contribution in [3.8, 4) is 0 Å². The summed E-state index contributed by atoms with van der Waals surface area (Å²) in [6.45, 7) is 2.06. The number of hydrogen-bond acceptors (Lipinski definition) is 7. The molecule has 6 atom stereocenters. The van der Waals surface area contributed by atoms with Crippen LogP contribution in [-0.4, -0.2) is 55.1 Å². The topological polar surface area (TPSA) is 128 Å². The van der Waals surface area contributed by atoms with Crippen LogP contribution in [0.4, 0.5) is 5.69 Å². The first-order chi connectivity index (χ1) is 14.2. The summed E-state index contributed by atoms with van der Waals surface area (Å²) in [7, 11) is 0. The van der Waals surface area contributed by atoms with E-state index < -0.39 is 0 Å². The number of rotatable bonds is 4. The summed E-state index contributed by atoms with van der Waals surface area (Å²) >= 11 is 0. The van der Waals surface area contributed by atoms with Crippen molar-refractivity contribution in [2.75, 3.05) is 25.1 Å². The molecule has 3 aliphatic rings. The Hall–Kier alpha value is -2.17. The molecular formula is C20H29N7O2. The van der Waals surface area contributed by atoms with Crippen LogP contribution in [0.15, 0.2) is 30.5 Å². The van der Waals surface area contributed by atoms with Gasteiger partial charge in [-0.15, -0.1) is 0 Å². The molecular weight excluding hydrogens is 370 g/mol. The molecule has 9 heteroatoms. The fraction of sp³-hybridized carbons (Fsp3) is 0.550. The quantitative estimate of drug-likeness (QED) is 0.379. The number of piperidine rings is 1. The van der Waals surface area contributed by atoms with E-state index in [0.29, 0.717) is 6.61 Å². The number of carbonyl (C=O) groups excluding carboxylic acids is 1. The number of nitrogens with two attached hydrogens (primary N) is 1. The standard InChI is InChI=1S/C20H29N7O2/c21-13-10-29-7-5-14(13)24-16-8-12-9-23-27-20(28)17(12)19(26-16)25-15-3-1-2-11-4-6-22-18(11)15/h1-4,6,12-14,16-17,19,22-26H,5,7-10,21H2,(H,27,28)/t12?,13-,14+,16?,17?,19?/m0/s1. The van der Waals surface area contributed by atoms with Gasteiger partial charge < -0.3 is 20.8 Å². The number of hydrogen-bond donors (Lipinski definition) is 7. The molecule has 3 fully saturated rings. The van der Waals surface area contributed by atoms with Gasteiger partial charge in [0.2, 0.25) is 5.91 Å². The van der Waals surface area contributed by atoms with E-state index in [1.807, 2.05) is 24.4 Å². The average Bonchev–Trinajstić information content (AvgIpc) is 3.20. The minimum atomic E-state index is -0.196. The Bertz CT molecular complexity index is 871. The van der Waals surface area contributed by atoms with Gasteiger partial charge in [-0.2, -0.15) is 0 Å². The van der Waals surface area contributed by atoms with Crippen LogP contribution in [0.25, 0.3) is 10.9 Å². The zero-order valence-corrected chi connectivity index (χ0v) is 16.3. The van der Waals surface area contributed by atoms with Crippen LogP contribution in [0, 0.1) is 11.8 Å². The molecule has 9 nitrogen and oxygen atoms in total. The molecule has 0 aliphatic carbocycles. The third-order valence-electron chi connectivity index (χ3n) is 6.38. The monoisotopic (exact) mass is 399 g/mol. The van der Waals surface area contributed by atoms with E-state index in [9.17, 15) is 4.79 Å². The third-order valence-corrected chi connectivity index (χ3v) is 6.38. The van der Waals surface area contributed by atoms with Gasteiger partial charge in [0.15, 0.2) is 0 Å². The summed E-state index contributed by atoms with van der Waals surface area (Å²) in [4.78, 5) is 16.0. The van der Waals surface area contributed by atoms with Gasteiger partial charge in [-0.05, 0) is 30.9 Å². The van der Waals surface area contributed by atoms with Crippen molar-refractivity contribution >= 4 is 22.5 Å². The van der Waals surface area contributed by atoms with Crippen molar-refractivity contribution in [3.05, 3.63) is 30.5 Å². The van der Waals surface area contributed by atoms with Gasteiger partial charge in [-0.1, -0.05) is 12.1 Å². The van der Waals surface area contributed by atoms with Gasteiger partial charge >= 0.3 is 0 Å². The Morgan fingerprint density at radius 1 is 1.24 bits per heavy atom. The van der Waals surface area contributed by atoms with Crippen molar-refractivity contribution in [3.63, 3.8) is 0 Å². The predicted molar refractivity (Wildman–Crippen MR) is 111 cm³/mol. The Morgan fingerprint density at radius 2 is 2.17 bits per heavy atom. The number of amides is 1. The largest absolute Gasteiger partial charge is 0.380 e. The highest BCUT2D eigenvalue weighted by atomic mass is 16.5. The van der Waals surface area contributed by atoms with E-state index in [1.54, 1.807) is 0 Å². The molecule has 0 radical (unpaired) electrons. The maximum Gasteiger partial charge on any atom is 0.240 e. The van der Waals surface area contributed by atoms with Crippen molar-refractivity contribution in [1.82, 2.24) is 26.5 Å². The highest BCUT2D eigenvalue weighted by molar-refractivity contribution is 5.91. The van der Waals surface area contributed by atoms with Crippen LogP contribution in [-0.2, 0) is 9.53 Å². The molecule has 8 N–H and O–H groups in total. The summed E-state index contributed by atoms with van der Waals surface area (Å²) in [5, 5.41) is 12.0. The van der Waals surface area contributed by atoms with E-state index in [4.69, 9.17) is 10.5 Å². The molecule has 156 valence electrons. The fourth-order valence-electron chi connectivity index (χ4n) is 4.88. The molecule has 1 aromatic heterocycles. The average molecular weight is 399 g/mol. The molecule has 1 amide bonds. The van der Waals surface area contributed by atoms with Crippen LogP contribution >= 0.6 is 0 Å². The molecule has 1 aromatic carbocycles. The Labute approximate surface area is 169 Å². The van der Waals surface area contributed by atoms with Crippen LogP contribution in [0.1, 0.15) is 12.8 Å². The Kier molecular flexibility index (Phi) is 5.15. The number of aromatic nitrogens is 1. The summed E-state index contributed by atoms with van der Waals surface area (Å²) in [6.07, 6.45) is 3.56. The molecule has 3 saturated heterocycles. The number of aromatic amines is 1. The van der Waals surface area contributed by atoms with Gasteiger partial charge in [-0.25, -0.2) is 5.43 Å². The number of carbonyl (C=O) groups is 1. The zero-order chi connectivity index (χ0) is 19.8. The zero-order valence-electron chi connectivity index (χ0n) is 16.3. The Morgan fingerprint density at radius 3 is 3.07 bits per heavy atom. The van der Waals surface area contributed by atoms with E-state index in [0.717, 1.165) is 42.6 Å². The minimum absolute atomic E-state index is 0.0184. The van der Waals surface area contributed by atoms with Crippen LogP contribution < -0.4 is 32.5 Å². The van der Waals surface area contributed by atoms with E-state index in [-0.39, 0.29) is 42.2 Å². The summed E-state index contributed by atoms with van der Waals surface area (Å²) in [5.41, 5.74) is 14.1. The molecule has 0 saturated carbocycles. The smallest absolute Gasteiger partial charge is 0.240 e. The van der Waals surface area contributed by atoms with Crippen molar-refractivity contribution < 1.29 is 9.53 Å². The molecule has 3 aliphatic heterocycles. The lowest BCUT2D eigenvalue weighted by molar-refractivity contribution is -0.133. The number of fused-ring (bicyclic) bond motifs is 2. The summed E-state index contributed by atoms with van der Waals surface area (Å²) in [6, 6.07) is 8.37. The summed E-state index contributed by atoms with van der Waals surface area (Å²) < 4.78 is 5.47. The molecule has 29 heavy (non-hydrogen) atoms. The van der Waals surface area contributed by atoms with Crippen molar-refractivity contribution in [2.24, 2.45) is 17.6 Å². The van der Waals surface area contributed by atoms with E-state index in [2.05, 4.69) is 37.9 Å². The number of hydrazine groups is 1. The van der Waals surface area contributed by atoms with Crippen LogP contribution in [0.3, 0.4) is 0 Å². The minimum Gasteiger partial charge on any atom is -0.380 e. The second-order valence-corrected chi connectivity index (χ2v) is 8.28. The molecule has 2 aromatic rings. The highest BCUT2D eigenvalue weighted by Crippen LogP contribution is 2.31. The van der Waals surface area contributed by atoms with E-state index >= 15 is 0 Å². The number of ether oxygens (including phenoxy) is 1. The first kappa shape index (κ1) is 18.8. The lowest BCUT2D eigenvalue weighted by atomic mass is 9.80. The molecule has 0 bridgehead atoms. The third kappa shape index (κ3) is 3.72. The van der Waals surface area contributed by atoms with Gasteiger partial charge in [0.1, 0.15) is 0 Å². The van der Waals surface area contributed by atoms with Crippen LogP contribution in [0.2, 0.25) is 0 Å². The highest BCUT2D eigenvalue weighted by Gasteiger charge is 2.44. The predicted octanol–water partition coefficient (Wildman–Crippen LogP) is -0.202. The van der Waals surface area contributed by atoms with Gasteiger partial charge in [0.05, 0.1) is 36.1 Å². The molecule has 4 unspecified atom stereocenters. The SMILES string of the molecule is N[C@H]1COCC[C@H]1NC1CC2CNNC(=O)C2C(Nc2cccc3cc[nH]c23)N1. The molecule has 5 rings (SSSR count). The van der Waals surface area contributed by atoms with Crippen LogP contribution in [0.5, 0.6) is 0 Å². The first-order valence-electron chi connectivity index (χ1n) is 10.4. The number of anilines is 1. The molecule has 4 heterocycles. The van der Waals surface area contributed by atoms with Gasteiger partial charge in [0, 0.05) is 36.8 Å². The normalized spacial score (nSPS) is 35.1. The van der Waals surface area contributed by atoms with Crippen molar-refractivity contribution in [1.29, 1.82) is 0 Å². The lowest BCUT2D eigenvalue weighted by Gasteiger charge is -2.46. The van der Waals surface area contributed by atoms with E-state index in [1.165, 1.54) is 0 Å². The maximum atomic E-state index is 12.7. The number of nitrogens with one attached hydrogen (secondary N) is 6.